The summed E-state index contributed by atoms with van der Waals surface area (Å²) in [5, 5.41) is 5.55. The molecule has 154 valence electrons. The summed E-state index contributed by atoms with van der Waals surface area (Å²) < 4.78 is 11.3. The number of thiophene rings is 1. The first kappa shape index (κ1) is 20.3. The van der Waals surface area contributed by atoms with Crippen molar-refractivity contribution in [1.29, 1.82) is 0 Å². The van der Waals surface area contributed by atoms with Gasteiger partial charge in [0.05, 0.1) is 17.1 Å². The Labute approximate surface area is 182 Å². The van der Waals surface area contributed by atoms with Gasteiger partial charge in [-0.1, -0.05) is 30.0 Å². The average molecular weight is 441 g/mol. The van der Waals surface area contributed by atoms with Crippen molar-refractivity contribution in [2.24, 2.45) is 0 Å². The van der Waals surface area contributed by atoms with Gasteiger partial charge in [-0.25, -0.2) is 0 Å². The molecule has 1 aliphatic heterocycles. The molecule has 4 rings (SSSR count). The van der Waals surface area contributed by atoms with Gasteiger partial charge in [0.2, 0.25) is 5.91 Å². The highest BCUT2D eigenvalue weighted by Crippen LogP contribution is 2.42. The van der Waals surface area contributed by atoms with Crippen molar-refractivity contribution >= 4 is 40.6 Å². The Balaban J connectivity index is 1.48. The van der Waals surface area contributed by atoms with Crippen molar-refractivity contribution in [3.05, 3.63) is 64.4 Å². The fourth-order valence-electron chi connectivity index (χ4n) is 2.87. The number of aryl methyl sites for hydroxylation is 1. The SMILES string of the molecule is Cc1ccc(C(=O)NCC(=O)Nc2cc3c(cc2Sc2ccccc2)OCCO3)s1. The van der Waals surface area contributed by atoms with Crippen molar-refractivity contribution < 1.29 is 19.1 Å². The van der Waals surface area contributed by atoms with E-state index in [-0.39, 0.29) is 18.4 Å². The van der Waals surface area contributed by atoms with Crippen molar-refractivity contribution in [3.63, 3.8) is 0 Å². The predicted molar refractivity (Wildman–Crippen MR) is 118 cm³/mol. The van der Waals surface area contributed by atoms with Gasteiger partial charge in [-0.05, 0) is 31.2 Å². The van der Waals surface area contributed by atoms with Crippen molar-refractivity contribution in [3.8, 4) is 11.5 Å². The molecule has 2 N–H and O–H groups in total. The molecule has 0 fully saturated rings. The summed E-state index contributed by atoms with van der Waals surface area (Å²) in [7, 11) is 0. The van der Waals surface area contributed by atoms with Gasteiger partial charge in [-0.2, -0.15) is 0 Å². The molecule has 8 heteroatoms. The van der Waals surface area contributed by atoms with Crippen LogP contribution in [0.25, 0.3) is 0 Å². The van der Waals surface area contributed by atoms with E-state index in [4.69, 9.17) is 9.47 Å². The van der Waals surface area contributed by atoms with Crippen LogP contribution in [0.1, 0.15) is 14.5 Å². The first-order valence-electron chi connectivity index (χ1n) is 9.39. The summed E-state index contributed by atoms with van der Waals surface area (Å²) >= 11 is 2.91. The van der Waals surface area contributed by atoms with E-state index in [1.54, 1.807) is 12.1 Å². The molecule has 1 aliphatic rings. The molecule has 6 nitrogen and oxygen atoms in total. The molecule has 0 saturated heterocycles. The number of benzene rings is 2. The average Bonchev–Trinajstić information content (AvgIpc) is 3.19. The molecule has 2 aromatic carbocycles. The Hall–Kier alpha value is -2.97. The zero-order valence-corrected chi connectivity index (χ0v) is 17.9. The summed E-state index contributed by atoms with van der Waals surface area (Å²) in [5.74, 6) is 0.665. The van der Waals surface area contributed by atoms with Crippen molar-refractivity contribution in [2.75, 3.05) is 25.1 Å². The standard InChI is InChI=1S/C22H20N2O4S2/c1-14-7-8-19(29-14)22(26)23-13-21(25)24-16-11-17-18(28-10-9-27-17)12-20(16)30-15-5-3-2-4-6-15/h2-8,11-12H,9-10,13H2,1H3,(H,23,26)(H,24,25). The van der Waals surface area contributed by atoms with Crippen molar-refractivity contribution in [1.82, 2.24) is 5.32 Å². The van der Waals surface area contributed by atoms with E-state index >= 15 is 0 Å². The number of rotatable bonds is 6. The number of nitrogens with one attached hydrogen (secondary N) is 2. The van der Waals surface area contributed by atoms with Gasteiger partial charge in [0.15, 0.2) is 11.5 Å². The second-order valence-corrected chi connectivity index (χ2v) is 8.95. The Morgan fingerprint density at radius 2 is 1.77 bits per heavy atom. The van der Waals surface area contributed by atoms with E-state index in [1.165, 1.54) is 23.1 Å². The van der Waals surface area contributed by atoms with Gasteiger partial charge in [0, 0.05) is 26.8 Å². The number of hydrogen-bond acceptors (Lipinski definition) is 6. The minimum Gasteiger partial charge on any atom is -0.486 e. The fourth-order valence-corrected chi connectivity index (χ4v) is 4.58. The molecule has 0 radical (unpaired) electrons. The molecule has 0 saturated carbocycles. The number of amides is 2. The molecule has 2 heterocycles. The number of hydrogen-bond donors (Lipinski definition) is 2. The smallest absolute Gasteiger partial charge is 0.261 e. The van der Waals surface area contributed by atoms with Crippen LogP contribution in [-0.4, -0.2) is 31.6 Å². The molecule has 3 aromatic rings. The van der Waals surface area contributed by atoms with Gasteiger partial charge in [0.25, 0.3) is 5.91 Å². The number of carbonyl (C=O) groups is 2. The third kappa shape index (κ3) is 4.95. The summed E-state index contributed by atoms with van der Waals surface area (Å²) in [4.78, 5) is 28.2. The Morgan fingerprint density at radius 3 is 2.47 bits per heavy atom. The number of anilines is 1. The minimum absolute atomic E-state index is 0.125. The molecular formula is C22H20N2O4S2. The number of fused-ring (bicyclic) bond motifs is 1. The highest BCUT2D eigenvalue weighted by atomic mass is 32.2. The minimum atomic E-state index is -0.316. The molecule has 0 bridgehead atoms. The molecule has 0 aliphatic carbocycles. The van der Waals surface area contributed by atoms with E-state index in [0.29, 0.717) is 35.3 Å². The highest BCUT2D eigenvalue weighted by Gasteiger charge is 2.18. The predicted octanol–water partition coefficient (Wildman–Crippen LogP) is 4.35. The maximum atomic E-state index is 12.5. The van der Waals surface area contributed by atoms with E-state index < -0.39 is 0 Å². The molecule has 1 aromatic heterocycles. The first-order chi connectivity index (χ1) is 14.6. The van der Waals surface area contributed by atoms with Crippen LogP contribution in [0, 0.1) is 6.92 Å². The third-order valence-electron chi connectivity index (χ3n) is 4.26. The zero-order valence-electron chi connectivity index (χ0n) is 16.3. The van der Waals surface area contributed by atoms with Crippen LogP contribution in [-0.2, 0) is 4.79 Å². The number of ether oxygens (including phenoxy) is 2. The fraction of sp³-hybridized carbons (Fsp3) is 0.182. The largest absolute Gasteiger partial charge is 0.486 e. The zero-order chi connectivity index (χ0) is 20.9. The van der Waals surface area contributed by atoms with Crippen LogP contribution >= 0.6 is 23.1 Å². The Bertz CT molecular complexity index is 1070. The van der Waals surface area contributed by atoms with Crippen LogP contribution in [0.15, 0.2) is 64.4 Å². The monoisotopic (exact) mass is 440 g/mol. The Morgan fingerprint density at radius 1 is 1.03 bits per heavy atom. The molecule has 2 amide bonds. The van der Waals surface area contributed by atoms with Gasteiger partial charge in [-0.3, -0.25) is 9.59 Å². The lowest BCUT2D eigenvalue weighted by Crippen LogP contribution is -2.32. The first-order valence-corrected chi connectivity index (χ1v) is 11.0. The summed E-state index contributed by atoms with van der Waals surface area (Å²) in [6, 6.07) is 17.1. The van der Waals surface area contributed by atoms with E-state index in [1.807, 2.05) is 49.4 Å². The maximum Gasteiger partial charge on any atom is 0.261 e. The van der Waals surface area contributed by atoms with Gasteiger partial charge in [-0.15, -0.1) is 11.3 Å². The van der Waals surface area contributed by atoms with Crippen LogP contribution in [0.2, 0.25) is 0 Å². The molecule has 0 spiro atoms. The van der Waals surface area contributed by atoms with Gasteiger partial charge < -0.3 is 20.1 Å². The maximum absolute atomic E-state index is 12.5. The third-order valence-corrected chi connectivity index (χ3v) is 6.33. The number of carbonyl (C=O) groups excluding carboxylic acids is 2. The molecule has 0 unspecified atom stereocenters. The normalized spacial score (nSPS) is 12.3. The van der Waals surface area contributed by atoms with Crippen molar-refractivity contribution in [2.45, 2.75) is 16.7 Å². The highest BCUT2D eigenvalue weighted by molar-refractivity contribution is 7.99. The lowest BCUT2D eigenvalue weighted by Gasteiger charge is -2.21. The summed E-state index contributed by atoms with van der Waals surface area (Å²) in [5.41, 5.74) is 0.610. The van der Waals surface area contributed by atoms with E-state index in [9.17, 15) is 9.59 Å². The topological polar surface area (TPSA) is 76.7 Å². The van der Waals surface area contributed by atoms with Crippen LogP contribution in [0.5, 0.6) is 11.5 Å². The second kappa shape index (κ2) is 9.23. The summed E-state index contributed by atoms with van der Waals surface area (Å²) in [6.45, 7) is 2.76. The molecule has 30 heavy (non-hydrogen) atoms. The summed E-state index contributed by atoms with van der Waals surface area (Å²) in [6.07, 6.45) is 0. The van der Waals surface area contributed by atoms with Crippen LogP contribution in [0.4, 0.5) is 5.69 Å². The molecular weight excluding hydrogens is 420 g/mol. The quantitative estimate of drug-likeness (QED) is 0.596. The second-order valence-electron chi connectivity index (χ2n) is 6.55. The van der Waals surface area contributed by atoms with Gasteiger partial charge >= 0.3 is 0 Å². The Kier molecular flexibility index (Phi) is 6.25. The lowest BCUT2D eigenvalue weighted by molar-refractivity contribution is -0.115. The lowest BCUT2D eigenvalue weighted by atomic mass is 10.2. The van der Waals surface area contributed by atoms with E-state index in [0.717, 1.165) is 14.7 Å². The van der Waals surface area contributed by atoms with Gasteiger partial charge in [0.1, 0.15) is 13.2 Å². The van der Waals surface area contributed by atoms with E-state index in [2.05, 4.69) is 10.6 Å². The van der Waals surface area contributed by atoms with Crippen LogP contribution < -0.4 is 20.1 Å². The molecule has 0 atom stereocenters. The van der Waals surface area contributed by atoms with Crippen LogP contribution in [0.3, 0.4) is 0 Å².